The lowest BCUT2D eigenvalue weighted by Crippen LogP contribution is -2.19. The Morgan fingerprint density at radius 3 is 2.63 bits per heavy atom. The summed E-state index contributed by atoms with van der Waals surface area (Å²) in [6.07, 6.45) is 0.813. The number of nitrogens with zero attached hydrogens (tertiary/aromatic N) is 2. The zero-order valence-corrected chi connectivity index (χ0v) is 13.5. The molecule has 0 fully saturated rings. The number of aryl methyl sites for hydroxylation is 2. The minimum absolute atomic E-state index is 0.242. The number of rotatable bonds is 8. The SMILES string of the molecule is Cc1nn(C)c(SC(C)CCO)c1CNCC(C)C. The Bertz CT molecular complexity index is 390. The maximum absolute atomic E-state index is 9.01. The van der Waals surface area contributed by atoms with Crippen LogP contribution in [0.5, 0.6) is 0 Å². The molecule has 2 N–H and O–H groups in total. The molecule has 1 aromatic rings. The molecular weight excluding hydrogens is 258 g/mol. The fourth-order valence-corrected chi connectivity index (χ4v) is 3.11. The minimum atomic E-state index is 0.242. The average Bonchev–Trinajstić information content (AvgIpc) is 2.55. The number of aromatic nitrogens is 2. The van der Waals surface area contributed by atoms with Crippen LogP contribution in [0.4, 0.5) is 0 Å². The molecule has 0 saturated heterocycles. The van der Waals surface area contributed by atoms with E-state index in [0.29, 0.717) is 11.2 Å². The molecule has 1 unspecified atom stereocenters. The summed E-state index contributed by atoms with van der Waals surface area (Å²) in [7, 11) is 1.99. The molecule has 1 atom stereocenters. The van der Waals surface area contributed by atoms with E-state index in [4.69, 9.17) is 5.11 Å². The van der Waals surface area contributed by atoms with E-state index in [0.717, 1.165) is 25.2 Å². The van der Waals surface area contributed by atoms with Crippen molar-refractivity contribution in [2.45, 2.75) is 50.9 Å². The van der Waals surface area contributed by atoms with Crippen molar-refractivity contribution in [1.82, 2.24) is 15.1 Å². The van der Waals surface area contributed by atoms with E-state index in [1.165, 1.54) is 10.6 Å². The quantitative estimate of drug-likeness (QED) is 0.720. The first-order valence-electron chi connectivity index (χ1n) is 6.96. The third-order valence-electron chi connectivity index (χ3n) is 2.99. The Balaban J connectivity index is 2.73. The smallest absolute Gasteiger partial charge is 0.0987 e. The highest BCUT2D eigenvalue weighted by Gasteiger charge is 2.16. The van der Waals surface area contributed by atoms with E-state index in [9.17, 15) is 0 Å². The van der Waals surface area contributed by atoms with Gasteiger partial charge >= 0.3 is 0 Å². The molecule has 0 bridgehead atoms. The van der Waals surface area contributed by atoms with Crippen LogP contribution in [0.15, 0.2) is 5.03 Å². The highest BCUT2D eigenvalue weighted by Crippen LogP contribution is 2.29. The maximum Gasteiger partial charge on any atom is 0.0987 e. The number of hydrogen-bond donors (Lipinski definition) is 2. The van der Waals surface area contributed by atoms with Crippen LogP contribution in [0.25, 0.3) is 0 Å². The molecule has 0 amide bonds. The lowest BCUT2D eigenvalue weighted by Gasteiger charge is -2.13. The van der Waals surface area contributed by atoms with E-state index in [1.54, 1.807) is 11.8 Å². The van der Waals surface area contributed by atoms with Crippen molar-refractivity contribution in [2.24, 2.45) is 13.0 Å². The number of hydrogen-bond acceptors (Lipinski definition) is 4. The molecule has 0 aliphatic rings. The van der Waals surface area contributed by atoms with Crippen LogP contribution in [0.1, 0.15) is 38.4 Å². The van der Waals surface area contributed by atoms with Crippen LogP contribution in [0.3, 0.4) is 0 Å². The summed E-state index contributed by atoms with van der Waals surface area (Å²) < 4.78 is 1.96. The summed E-state index contributed by atoms with van der Waals surface area (Å²) in [5.41, 5.74) is 2.38. The van der Waals surface area contributed by atoms with Gasteiger partial charge < -0.3 is 10.4 Å². The van der Waals surface area contributed by atoms with Crippen molar-refractivity contribution in [3.8, 4) is 0 Å². The van der Waals surface area contributed by atoms with Gasteiger partial charge in [-0.25, -0.2) is 0 Å². The van der Waals surface area contributed by atoms with Gasteiger partial charge in [-0.15, -0.1) is 11.8 Å². The number of thioether (sulfide) groups is 1. The fourth-order valence-electron chi connectivity index (χ4n) is 1.95. The van der Waals surface area contributed by atoms with Crippen LogP contribution < -0.4 is 5.32 Å². The Morgan fingerprint density at radius 2 is 2.05 bits per heavy atom. The fraction of sp³-hybridized carbons (Fsp3) is 0.786. The van der Waals surface area contributed by atoms with E-state index >= 15 is 0 Å². The Labute approximate surface area is 121 Å². The Morgan fingerprint density at radius 1 is 1.37 bits per heavy atom. The predicted octanol–water partition coefficient (Wildman–Crippen LogP) is 2.34. The van der Waals surface area contributed by atoms with Gasteiger partial charge in [0.25, 0.3) is 0 Å². The molecule has 0 radical (unpaired) electrons. The molecule has 0 spiro atoms. The molecule has 4 nitrogen and oxygen atoms in total. The summed E-state index contributed by atoms with van der Waals surface area (Å²) in [6.45, 7) is 10.8. The number of aliphatic hydroxyl groups is 1. The molecule has 5 heteroatoms. The summed E-state index contributed by atoms with van der Waals surface area (Å²) in [5, 5.41) is 18.6. The van der Waals surface area contributed by atoms with Crippen molar-refractivity contribution in [3.63, 3.8) is 0 Å². The molecule has 0 aliphatic carbocycles. The van der Waals surface area contributed by atoms with Gasteiger partial charge in [-0.05, 0) is 25.8 Å². The maximum atomic E-state index is 9.01. The van der Waals surface area contributed by atoms with Crippen LogP contribution in [0.2, 0.25) is 0 Å². The van der Waals surface area contributed by atoms with Gasteiger partial charge in [-0.3, -0.25) is 4.68 Å². The topological polar surface area (TPSA) is 50.1 Å². The van der Waals surface area contributed by atoms with E-state index < -0.39 is 0 Å². The first-order valence-corrected chi connectivity index (χ1v) is 7.84. The summed E-state index contributed by atoms with van der Waals surface area (Å²) >= 11 is 1.80. The highest BCUT2D eigenvalue weighted by molar-refractivity contribution is 7.99. The largest absolute Gasteiger partial charge is 0.396 e. The summed E-state index contributed by atoms with van der Waals surface area (Å²) in [4.78, 5) is 0. The van der Waals surface area contributed by atoms with Gasteiger partial charge in [0.2, 0.25) is 0 Å². The molecule has 1 aromatic heterocycles. The van der Waals surface area contributed by atoms with Crippen LogP contribution in [-0.2, 0) is 13.6 Å². The highest BCUT2D eigenvalue weighted by atomic mass is 32.2. The zero-order valence-electron chi connectivity index (χ0n) is 12.7. The van der Waals surface area contributed by atoms with Crippen molar-refractivity contribution in [2.75, 3.05) is 13.2 Å². The normalized spacial score (nSPS) is 13.2. The van der Waals surface area contributed by atoms with Crippen molar-refractivity contribution in [3.05, 3.63) is 11.3 Å². The van der Waals surface area contributed by atoms with E-state index in [1.807, 2.05) is 11.7 Å². The Hall–Kier alpha value is -0.520. The molecule has 1 heterocycles. The second-order valence-corrected chi connectivity index (χ2v) is 6.89. The lowest BCUT2D eigenvalue weighted by atomic mass is 10.2. The molecule has 0 aliphatic heterocycles. The van der Waals surface area contributed by atoms with Crippen LogP contribution in [-0.4, -0.2) is 33.3 Å². The molecule has 110 valence electrons. The zero-order chi connectivity index (χ0) is 14.4. The van der Waals surface area contributed by atoms with Gasteiger partial charge in [0.1, 0.15) is 0 Å². The van der Waals surface area contributed by atoms with E-state index in [-0.39, 0.29) is 6.61 Å². The number of aliphatic hydroxyl groups excluding tert-OH is 1. The standard InChI is InChI=1S/C14H27N3OS/c1-10(2)8-15-9-13-12(4)16-17(5)14(13)19-11(3)6-7-18/h10-11,15,18H,6-9H2,1-5H3. The van der Waals surface area contributed by atoms with Gasteiger partial charge in [-0.1, -0.05) is 20.8 Å². The predicted molar refractivity (Wildman–Crippen MR) is 81.5 cm³/mol. The van der Waals surface area contributed by atoms with Crippen LogP contribution >= 0.6 is 11.8 Å². The second kappa shape index (κ2) is 7.92. The second-order valence-electron chi connectivity index (χ2n) is 5.46. The minimum Gasteiger partial charge on any atom is -0.396 e. The molecule has 1 rings (SSSR count). The summed E-state index contributed by atoms with van der Waals surface area (Å²) in [5.74, 6) is 0.654. The lowest BCUT2D eigenvalue weighted by molar-refractivity contribution is 0.289. The van der Waals surface area contributed by atoms with Gasteiger partial charge in [-0.2, -0.15) is 5.10 Å². The van der Waals surface area contributed by atoms with Gasteiger partial charge in [0, 0.05) is 31.0 Å². The average molecular weight is 285 g/mol. The molecule has 0 saturated carbocycles. The van der Waals surface area contributed by atoms with Gasteiger partial charge in [0.05, 0.1) is 10.7 Å². The first-order chi connectivity index (χ1) is 8.95. The van der Waals surface area contributed by atoms with E-state index in [2.05, 4.69) is 38.1 Å². The number of nitrogens with one attached hydrogen (secondary N) is 1. The van der Waals surface area contributed by atoms with Crippen molar-refractivity contribution < 1.29 is 5.11 Å². The van der Waals surface area contributed by atoms with Crippen LogP contribution in [0, 0.1) is 12.8 Å². The van der Waals surface area contributed by atoms with Crippen molar-refractivity contribution in [1.29, 1.82) is 0 Å². The Kier molecular flexibility index (Phi) is 6.89. The first kappa shape index (κ1) is 16.5. The third-order valence-corrected chi connectivity index (χ3v) is 4.36. The monoisotopic (exact) mass is 285 g/mol. The van der Waals surface area contributed by atoms with Crippen molar-refractivity contribution >= 4 is 11.8 Å². The summed E-state index contributed by atoms with van der Waals surface area (Å²) in [6, 6.07) is 0. The molecule has 19 heavy (non-hydrogen) atoms. The molecule has 0 aromatic carbocycles. The molecular formula is C14H27N3OS. The third kappa shape index (κ3) is 5.16. The van der Waals surface area contributed by atoms with Gasteiger partial charge in [0.15, 0.2) is 0 Å².